The number of nitrogen functional groups attached to an aromatic ring is 1. The summed E-state index contributed by atoms with van der Waals surface area (Å²) in [5, 5.41) is 7.30. The van der Waals surface area contributed by atoms with Gasteiger partial charge in [-0.2, -0.15) is 13.9 Å². The lowest BCUT2D eigenvalue weighted by Gasteiger charge is -2.32. The Bertz CT molecular complexity index is 2100. The van der Waals surface area contributed by atoms with Gasteiger partial charge in [-0.1, -0.05) is 6.07 Å². The number of fused-ring (bicyclic) bond motifs is 1. The van der Waals surface area contributed by atoms with Gasteiger partial charge in [0, 0.05) is 30.2 Å². The molecular weight excluding hydrogens is 668 g/mol. The van der Waals surface area contributed by atoms with Crippen molar-refractivity contribution >= 4 is 38.2 Å². The number of H-pyrrole nitrogens is 1. The SMILES string of the molecule is CC1=CC(Oc2c(F)cccc2F)NC=C1n1ncc(C(=O)c2cc3cc(OC(F)F)c(C4CCN(S(=O)(=O)C5CC5)CC4)cc3[nH]2)c1N. The minimum absolute atomic E-state index is 0.0132. The molecule has 1 atom stereocenters. The molecule has 258 valence electrons. The second-order valence-corrected chi connectivity index (χ2v) is 14.5. The first kappa shape index (κ1) is 32.7. The van der Waals surface area contributed by atoms with Gasteiger partial charge < -0.3 is 25.5 Å². The maximum absolute atomic E-state index is 14.1. The highest BCUT2D eigenvalue weighted by molar-refractivity contribution is 7.90. The molecule has 1 aliphatic carbocycles. The molecule has 11 nitrogen and oxygen atoms in total. The molecule has 0 amide bonds. The molecule has 1 saturated carbocycles. The third-order valence-corrected chi connectivity index (χ3v) is 11.4. The van der Waals surface area contributed by atoms with Crippen molar-refractivity contribution in [2.45, 2.75) is 56.6 Å². The minimum atomic E-state index is -3.34. The second kappa shape index (κ2) is 12.6. The molecule has 2 aromatic carbocycles. The van der Waals surface area contributed by atoms with Crippen LogP contribution in [0.25, 0.3) is 16.6 Å². The average Bonchev–Trinajstić information content (AvgIpc) is 3.75. The van der Waals surface area contributed by atoms with E-state index in [1.807, 2.05) is 0 Å². The van der Waals surface area contributed by atoms with Crippen molar-refractivity contribution in [2.75, 3.05) is 18.8 Å². The molecule has 0 spiro atoms. The largest absolute Gasteiger partial charge is 0.461 e. The van der Waals surface area contributed by atoms with Gasteiger partial charge in [-0.25, -0.2) is 26.2 Å². The number of halogens is 4. The van der Waals surface area contributed by atoms with E-state index in [0.29, 0.717) is 53.4 Å². The highest BCUT2D eigenvalue weighted by atomic mass is 32.2. The second-order valence-electron chi connectivity index (χ2n) is 12.3. The zero-order valence-corrected chi connectivity index (χ0v) is 26.9. The van der Waals surface area contributed by atoms with E-state index in [0.717, 1.165) is 12.1 Å². The van der Waals surface area contributed by atoms with Crippen molar-refractivity contribution in [2.24, 2.45) is 0 Å². The van der Waals surface area contributed by atoms with Gasteiger partial charge in [-0.15, -0.1) is 0 Å². The lowest BCUT2D eigenvalue weighted by atomic mass is 9.89. The van der Waals surface area contributed by atoms with E-state index in [4.69, 9.17) is 15.2 Å². The first-order valence-electron chi connectivity index (χ1n) is 15.7. The molecule has 2 aromatic heterocycles. The van der Waals surface area contributed by atoms with Gasteiger partial charge in [-0.05, 0) is 86.1 Å². The molecule has 7 rings (SSSR count). The average molecular weight is 701 g/mol. The van der Waals surface area contributed by atoms with Crippen molar-refractivity contribution in [3.63, 3.8) is 0 Å². The summed E-state index contributed by atoms with van der Waals surface area (Å²) in [5.41, 5.74) is 8.64. The molecule has 2 aliphatic heterocycles. The molecule has 1 saturated heterocycles. The highest BCUT2D eigenvalue weighted by Gasteiger charge is 2.41. The van der Waals surface area contributed by atoms with E-state index in [2.05, 4.69) is 15.4 Å². The van der Waals surface area contributed by atoms with Crippen molar-refractivity contribution in [3.8, 4) is 11.5 Å². The number of hydrogen-bond acceptors (Lipinski definition) is 8. The summed E-state index contributed by atoms with van der Waals surface area (Å²) in [6, 6.07) is 8.03. The molecule has 4 N–H and O–H groups in total. The number of hydrogen-bond donors (Lipinski definition) is 3. The van der Waals surface area contributed by atoms with Crippen LogP contribution < -0.4 is 20.5 Å². The number of nitrogens with one attached hydrogen (secondary N) is 2. The molecule has 4 aromatic rings. The van der Waals surface area contributed by atoms with E-state index < -0.39 is 46.0 Å². The number of alkyl halides is 2. The predicted molar refractivity (Wildman–Crippen MR) is 172 cm³/mol. The Morgan fingerprint density at radius 3 is 2.45 bits per heavy atom. The fourth-order valence-corrected chi connectivity index (χ4v) is 8.21. The van der Waals surface area contributed by atoms with Gasteiger partial charge in [0.25, 0.3) is 0 Å². The van der Waals surface area contributed by atoms with Gasteiger partial charge in [0.05, 0.1) is 28.4 Å². The lowest BCUT2D eigenvalue weighted by molar-refractivity contribution is -0.0506. The number of carbonyl (C=O) groups is 1. The van der Waals surface area contributed by atoms with Crippen molar-refractivity contribution < 1.29 is 40.2 Å². The maximum atomic E-state index is 14.1. The number of carbonyl (C=O) groups excluding carboxylic acids is 1. The van der Waals surface area contributed by atoms with Crippen LogP contribution in [0.5, 0.6) is 11.5 Å². The number of allylic oxidation sites excluding steroid dienone is 2. The molecule has 4 heterocycles. The molecule has 2 fully saturated rings. The number of ketones is 1. The number of nitrogens with zero attached hydrogens (tertiary/aromatic N) is 3. The number of sulfonamides is 1. The van der Waals surface area contributed by atoms with Crippen molar-refractivity contribution in [1.82, 2.24) is 24.4 Å². The van der Waals surface area contributed by atoms with E-state index >= 15 is 0 Å². The molecule has 3 aliphatic rings. The van der Waals surface area contributed by atoms with Gasteiger partial charge in [0.2, 0.25) is 15.8 Å². The number of dihydropyridines is 1. The van der Waals surface area contributed by atoms with Gasteiger partial charge in [0.15, 0.2) is 23.6 Å². The first-order valence-corrected chi connectivity index (χ1v) is 17.2. The third kappa shape index (κ3) is 6.25. The summed E-state index contributed by atoms with van der Waals surface area (Å²) in [7, 11) is -3.34. The maximum Gasteiger partial charge on any atom is 0.387 e. The van der Waals surface area contributed by atoms with Crippen molar-refractivity contribution in [3.05, 3.63) is 88.9 Å². The molecular formula is C33H32F4N6O5S. The van der Waals surface area contributed by atoms with Crippen LogP contribution in [-0.2, 0) is 10.0 Å². The molecule has 0 radical (unpaired) electrons. The van der Waals surface area contributed by atoms with Crippen LogP contribution in [0.3, 0.4) is 0 Å². The number of nitrogens with two attached hydrogens (primary N) is 1. The molecule has 0 bridgehead atoms. The normalized spacial score (nSPS) is 19.1. The van der Waals surface area contributed by atoms with Crippen molar-refractivity contribution in [1.29, 1.82) is 0 Å². The summed E-state index contributed by atoms with van der Waals surface area (Å²) in [4.78, 5) is 16.7. The quantitative estimate of drug-likeness (QED) is 0.146. The summed E-state index contributed by atoms with van der Waals surface area (Å²) >= 11 is 0. The van der Waals surface area contributed by atoms with Crippen LogP contribution in [0.1, 0.15) is 60.1 Å². The fraction of sp³-hybridized carbons (Fsp3) is 0.333. The number of anilines is 1. The van der Waals surface area contributed by atoms with Crippen LogP contribution in [-0.4, -0.2) is 64.4 Å². The number of ether oxygens (including phenoxy) is 2. The lowest BCUT2D eigenvalue weighted by Crippen LogP contribution is -2.39. The minimum Gasteiger partial charge on any atom is -0.461 e. The Labute approximate surface area is 278 Å². The number of para-hydroxylation sites is 1. The van der Waals surface area contributed by atoms with E-state index in [1.54, 1.807) is 19.1 Å². The van der Waals surface area contributed by atoms with Crippen LogP contribution in [0, 0.1) is 11.6 Å². The number of rotatable bonds is 10. The summed E-state index contributed by atoms with van der Waals surface area (Å²) < 4.78 is 93.7. The zero-order chi connectivity index (χ0) is 34.6. The molecule has 16 heteroatoms. The van der Waals surface area contributed by atoms with Crippen LogP contribution >= 0.6 is 0 Å². The Hall–Kier alpha value is -4.83. The van der Waals surface area contributed by atoms with Gasteiger partial charge >= 0.3 is 6.61 Å². The number of aromatic amines is 1. The number of aromatic nitrogens is 3. The monoisotopic (exact) mass is 700 g/mol. The molecule has 49 heavy (non-hydrogen) atoms. The van der Waals surface area contributed by atoms with E-state index in [-0.39, 0.29) is 47.1 Å². The standard InChI is InChI=1S/C33H32F4N6O5S/c1-17-11-29(48-31-23(34)3-2-4-24(31)35)39-16-27(17)43-32(38)22(15-40-43)30(44)26-12-19-13-28(47-33(36)37)21(14-25(19)41-26)18-7-9-42(10-8-18)49(45,46)20-5-6-20/h2-4,11-16,18,20,29,33,39,41H,5-10,38H2,1H3. The zero-order valence-electron chi connectivity index (χ0n) is 26.1. The Morgan fingerprint density at radius 2 is 1.80 bits per heavy atom. The van der Waals surface area contributed by atoms with E-state index in [9.17, 15) is 30.8 Å². The first-order chi connectivity index (χ1) is 23.4. The van der Waals surface area contributed by atoms with Gasteiger partial charge in [0.1, 0.15) is 11.6 Å². The van der Waals surface area contributed by atoms with Gasteiger partial charge in [-0.3, -0.25) is 4.79 Å². The summed E-state index contributed by atoms with van der Waals surface area (Å²) in [5.74, 6) is -2.99. The third-order valence-electron chi connectivity index (χ3n) is 9.04. The smallest absolute Gasteiger partial charge is 0.387 e. The number of piperidine rings is 1. The van der Waals surface area contributed by atoms with Crippen LogP contribution in [0.2, 0.25) is 0 Å². The number of benzene rings is 2. The Morgan fingerprint density at radius 1 is 1.08 bits per heavy atom. The summed E-state index contributed by atoms with van der Waals surface area (Å²) in [6.07, 6.45) is 5.67. The van der Waals surface area contributed by atoms with Crippen LogP contribution in [0.15, 0.2) is 60.4 Å². The topological polar surface area (TPSA) is 145 Å². The predicted octanol–water partition coefficient (Wildman–Crippen LogP) is 5.48. The highest BCUT2D eigenvalue weighted by Crippen LogP contribution is 2.40. The molecule has 1 unspecified atom stereocenters. The fourth-order valence-electron chi connectivity index (χ4n) is 6.34. The Kier molecular flexibility index (Phi) is 8.39. The summed E-state index contributed by atoms with van der Waals surface area (Å²) in [6.45, 7) is -0.800. The van der Waals surface area contributed by atoms with Crippen LogP contribution in [0.4, 0.5) is 23.4 Å². The van der Waals surface area contributed by atoms with E-state index in [1.165, 1.54) is 39.6 Å². The Balaban J connectivity index is 1.11.